The molecular formula is C20H20FN7O4. The Bertz CT molecular complexity index is 1150. The highest BCUT2D eigenvalue weighted by Gasteiger charge is 2.33. The zero-order valence-corrected chi connectivity index (χ0v) is 17.3. The van der Waals surface area contributed by atoms with Gasteiger partial charge in [0.15, 0.2) is 11.9 Å². The van der Waals surface area contributed by atoms with Gasteiger partial charge in [0.1, 0.15) is 24.2 Å². The Morgan fingerprint density at radius 3 is 2.81 bits per heavy atom. The number of cyclic esters (lactones) is 1. The van der Waals surface area contributed by atoms with Gasteiger partial charge in [-0.3, -0.25) is 14.7 Å². The number of nitrogens with zero attached hydrogens (tertiary/aromatic N) is 6. The first-order valence-corrected chi connectivity index (χ1v) is 9.72. The third-order valence-corrected chi connectivity index (χ3v) is 4.85. The van der Waals surface area contributed by atoms with Crippen LogP contribution in [0, 0.1) is 5.82 Å². The molecule has 1 amide bonds. The topological polar surface area (TPSA) is 138 Å². The van der Waals surface area contributed by atoms with Crippen LogP contribution in [0.4, 0.5) is 14.9 Å². The van der Waals surface area contributed by atoms with Crippen molar-refractivity contribution in [3.63, 3.8) is 0 Å². The van der Waals surface area contributed by atoms with E-state index in [0.29, 0.717) is 28.3 Å². The van der Waals surface area contributed by atoms with Crippen molar-refractivity contribution in [1.82, 2.24) is 25.2 Å². The Hall–Kier alpha value is -3.93. The highest BCUT2D eigenvalue weighted by atomic mass is 19.1. The lowest BCUT2D eigenvalue weighted by Crippen LogP contribution is -2.32. The molecule has 12 heteroatoms. The SMILES string of the molecule is C[C@@H](N)C(=O)OCC1CN(c2ccc(-c3ccc(-c4nnnn4C)nc3)c(F)c2)C(=O)O1. The van der Waals surface area contributed by atoms with Gasteiger partial charge in [-0.25, -0.2) is 13.9 Å². The Balaban J connectivity index is 1.47. The van der Waals surface area contributed by atoms with E-state index in [1.807, 2.05) is 0 Å². The number of pyridine rings is 1. The second-order valence-electron chi connectivity index (χ2n) is 7.26. The summed E-state index contributed by atoms with van der Waals surface area (Å²) in [5.41, 5.74) is 7.18. The summed E-state index contributed by atoms with van der Waals surface area (Å²) in [7, 11) is 1.69. The van der Waals surface area contributed by atoms with Crippen molar-refractivity contribution in [2.24, 2.45) is 12.8 Å². The molecular weight excluding hydrogens is 421 g/mol. The fraction of sp³-hybridized carbons (Fsp3) is 0.300. The minimum Gasteiger partial charge on any atom is -0.461 e. The Kier molecular flexibility index (Phi) is 5.77. The summed E-state index contributed by atoms with van der Waals surface area (Å²) < 4.78 is 26.5. The number of anilines is 1. The number of ether oxygens (including phenoxy) is 2. The van der Waals surface area contributed by atoms with Crippen LogP contribution >= 0.6 is 0 Å². The summed E-state index contributed by atoms with van der Waals surface area (Å²) in [5, 5.41) is 11.2. The monoisotopic (exact) mass is 441 g/mol. The minimum atomic E-state index is -0.773. The lowest BCUT2D eigenvalue weighted by molar-refractivity contribution is -0.147. The molecule has 2 N–H and O–H groups in total. The van der Waals surface area contributed by atoms with Crippen LogP contribution < -0.4 is 10.6 Å². The first kappa shape index (κ1) is 21.3. The van der Waals surface area contributed by atoms with Crippen LogP contribution in [0.1, 0.15) is 6.92 Å². The number of tetrazole rings is 1. The van der Waals surface area contributed by atoms with Crippen molar-refractivity contribution in [2.75, 3.05) is 18.1 Å². The first-order chi connectivity index (χ1) is 15.3. The number of rotatable bonds is 6. The molecule has 0 radical (unpaired) electrons. The average Bonchev–Trinajstić information content (AvgIpc) is 3.37. The molecule has 1 aliphatic rings. The summed E-state index contributed by atoms with van der Waals surface area (Å²) in [6, 6.07) is 7.04. The fourth-order valence-electron chi connectivity index (χ4n) is 3.16. The van der Waals surface area contributed by atoms with Gasteiger partial charge in [-0.05, 0) is 41.6 Å². The van der Waals surface area contributed by atoms with E-state index in [0.717, 1.165) is 0 Å². The number of hydrogen-bond acceptors (Lipinski definition) is 9. The van der Waals surface area contributed by atoms with Gasteiger partial charge in [0.25, 0.3) is 0 Å². The molecule has 1 aromatic carbocycles. The molecule has 32 heavy (non-hydrogen) atoms. The van der Waals surface area contributed by atoms with Crippen LogP contribution in [-0.2, 0) is 21.3 Å². The smallest absolute Gasteiger partial charge is 0.414 e. The van der Waals surface area contributed by atoms with Crippen LogP contribution in [0.25, 0.3) is 22.6 Å². The summed E-state index contributed by atoms with van der Waals surface area (Å²) in [6.07, 6.45) is 0.205. The molecule has 0 aliphatic carbocycles. The lowest BCUT2D eigenvalue weighted by Gasteiger charge is -2.14. The summed E-state index contributed by atoms with van der Waals surface area (Å²) in [4.78, 5) is 29.3. The lowest BCUT2D eigenvalue weighted by atomic mass is 10.1. The van der Waals surface area contributed by atoms with Crippen molar-refractivity contribution in [3.8, 4) is 22.6 Å². The number of amides is 1. The van der Waals surface area contributed by atoms with Gasteiger partial charge < -0.3 is 15.2 Å². The van der Waals surface area contributed by atoms with Crippen molar-refractivity contribution in [2.45, 2.75) is 19.1 Å². The number of aromatic nitrogens is 5. The maximum atomic E-state index is 14.9. The predicted molar refractivity (Wildman–Crippen MR) is 110 cm³/mol. The standard InChI is InChI=1S/C20H20FN7O4/c1-11(22)19(29)31-10-14-9-28(20(30)32-14)13-4-5-15(16(21)7-13)12-3-6-17(23-8-12)18-24-25-26-27(18)2/h3-8,11,14H,9-10,22H2,1-2H3/t11-,14?/m1/s1. The number of hydrogen-bond donors (Lipinski definition) is 1. The predicted octanol–water partition coefficient (Wildman–Crippen LogP) is 1.29. The maximum absolute atomic E-state index is 14.9. The maximum Gasteiger partial charge on any atom is 0.414 e. The van der Waals surface area contributed by atoms with Crippen LogP contribution in [0.5, 0.6) is 0 Å². The molecule has 11 nitrogen and oxygen atoms in total. The normalized spacial score (nSPS) is 16.7. The molecule has 2 atom stereocenters. The summed E-state index contributed by atoms with van der Waals surface area (Å²) >= 11 is 0. The molecule has 1 saturated heterocycles. The summed E-state index contributed by atoms with van der Waals surface area (Å²) in [5.74, 6) is -0.636. The molecule has 0 saturated carbocycles. The van der Waals surface area contributed by atoms with E-state index in [9.17, 15) is 14.0 Å². The number of carbonyl (C=O) groups excluding carboxylic acids is 2. The quantitative estimate of drug-likeness (QED) is 0.561. The molecule has 166 valence electrons. The molecule has 3 heterocycles. The van der Waals surface area contributed by atoms with Gasteiger partial charge in [0.05, 0.1) is 12.2 Å². The molecule has 3 aromatic rings. The highest BCUT2D eigenvalue weighted by Crippen LogP contribution is 2.29. The van der Waals surface area contributed by atoms with Crippen LogP contribution in [0.3, 0.4) is 0 Å². The van der Waals surface area contributed by atoms with Crippen molar-refractivity contribution in [1.29, 1.82) is 0 Å². The Labute approximate surface area is 181 Å². The minimum absolute atomic E-state index is 0.117. The number of carbonyl (C=O) groups is 2. The van der Waals surface area contributed by atoms with E-state index >= 15 is 0 Å². The molecule has 2 aromatic heterocycles. The van der Waals surface area contributed by atoms with Gasteiger partial charge in [0, 0.05) is 24.4 Å². The van der Waals surface area contributed by atoms with Crippen molar-refractivity contribution >= 4 is 17.7 Å². The van der Waals surface area contributed by atoms with Gasteiger partial charge >= 0.3 is 12.1 Å². The van der Waals surface area contributed by atoms with Gasteiger partial charge in [-0.15, -0.1) is 5.10 Å². The Morgan fingerprint density at radius 1 is 1.38 bits per heavy atom. The van der Waals surface area contributed by atoms with E-state index in [-0.39, 0.29) is 13.2 Å². The van der Waals surface area contributed by atoms with Crippen LogP contribution in [0.15, 0.2) is 36.5 Å². The van der Waals surface area contributed by atoms with Crippen molar-refractivity contribution in [3.05, 3.63) is 42.3 Å². The van der Waals surface area contributed by atoms with E-state index in [2.05, 4.69) is 20.5 Å². The number of halogens is 1. The van der Waals surface area contributed by atoms with E-state index < -0.39 is 30.0 Å². The number of benzene rings is 1. The molecule has 0 bridgehead atoms. The van der Waals surface area contributed by atoms with Crippen LogP contribution in [-0.4, -0.2) is 62.6 Å². The number of esters is 1. The third-order valence-electron chi connectivity index (χ3n) is 4.85. The summed E-state index contributed by atoms with van der Waals surface area (Å²) in [6.45, 7) is 1.49. The van der Waals surface area contributed by atoms with Gasteiger partial charge in [-0.2, -0.15) is 0 Å². The Morgan fingerprint density at radius 2 is 2.19 bits per heavy atom. The van der Waals surface area contributed by atoms with Crippen LogP contribution in [0.2, 0.25) is 0 Å². The van der Waals surface area contributed by atoms with E-state index in [4.69, 9.17) is 15.2 Å². The van der Waals surface area contributed by atoms with Gasteiger partial charge in [-0.1, -0.05) is 6.07 Å². The van der Waals surface area contributed by atoms with E-state index in [1.165, 1.54) is 28.8 Å². The second-order valence-corrected chi connectivity index (χ2v) is 7.26. The largest absolute Gasteiger partial charge is 0.461 e. The molecule has 1 unspecified atom stereocenters. The van der Waals surface area contributed by atoms with Gasteiger partial charge in [0.2, 0.25) is 0 Å². The zero-order valence-electron chi connectivity index (χ0n) is 17.3. The second kappa shape index (κ2) is 8.67. The number of aryl methyl sites for hydroxylation is 1. The zero-order chi connectivity index (χ0) is 22.8. The number of nitrogens with two attached hydrogens (primary N) is 1. The first-order valence-electron chi connectivity index (χ1n) is 9.72. The molecule has 1 fully saturated rings. The molecule has 4 rings (SSSR count). The molecule has 1 aliphatic heterocycles. The fourth-order valence-corrected chi connectivity index (χ4v) is 3.16. The van der Waals surface area contributed by atoms with E-state index in [1.54, 1.807) is 31.3 Å². The van der Waals surface area contributed by atoms with Crippen molar-refractivity contribution < 1.29 is 23.5 Å². The highest BCUT2D eigenvalue weighted by molar-refractivity contribution is 5.90. The average molecular weight is 441 g/mol. The molecule has 0 spiro atoms. The third kappa shape index (κ3) is 4.25.